The van der Waals surface area contributed by atoms with Crippen molar-refractivity contribution in [3.05, 3.63) is 29.3 Å². The Balaban J connectivity index is 2.61. The summed E-state index contributed by atoms with van der Waals surface area (Å²) in [6, 6.07) is 5.44. The lowest BCUT2D eigenvalue weighted by Crippen LogP contribution is -2.09. The van der Waals surface area contributed by atoms with Gasteiger partial charge in [-0.1, -0.05) is 6.07 Å². The lowest BCUT2D eigenvalue weighted by molar-refractivity contribution is 0.0905. The van der Waals surface area contributed by atoms with E-state index in [1.165, 1.54) is 0 Å². The normalized spacial score (nSPS) is 15.1. The highest BCUT2D eigenvalue weighted by atomic mass is 127. The van der Waals surface area contributed by atoms with Crippen molar-refractivity contribution in [3.8, 4) is 0 Å². The minimum Gasteiger partial charge on any atom is -0.398 e. The van der Waals surface area contributed by atoms with Gasteiger partial charge in [0.25, 0.3) is 5.91 Å². The molecule has 12 heavy (non-hydrogen) atoms. The van der Waals surface area contributed by atoms with Crippen LogP contribution in [0.5, 0.6) is 0 Å². The van der Waals surface area contributed by atoms with Crippen molar-refractivity contribution in [2.45, 2.75) is 6.54 Å². The van der Waals surface area contributed by atoms with Crippen LogP contribution < -0.4 is 5.73 Å². The fourth-order valence-electron chi connectivity index (χ4n) is 1.32. The standard InChI is InChI=1S/C8H7IN2O/c9-11-4-6-5(8(11)12)2-1-3-7(6)10/h1-3H,4,10H2. The van der Waals surface area contributed by atoms with Gasteiger partial charge in [0.05, 0.1) is 29.4 Å². The Morgan fingerprint density at radius 1 is 1.50 bits per heavy atom. The monoisotopic (exact) mass is 274 g/mol. The van der Waals surface area contributed by atoms with E-state index >= 15 is 0 Å². The number of nitrogens with two attached hydrogens (primary N) is 1. The number of rotatable bonds is 0. The van der Waals surface area contributed by atoms with E-state index < -0.39 is 0 Å². The first-order valence-electron chi connectivity index (χ1n) is 3.55. The molecule has 2 N–H and O–H groups in total. The molecule has 1 aromatic carbocycles. The van der Waals surface area contributed by atoms with E-state index in [9.17, 15) is 4.79 Å². The van der Waals surface area contributed by atoms with Crippen LogP contribution in [0.25, 0.3) is 0 Å². The Bertz CT molecular complexity index is 351. The Morgan fingerprint density at radius 3 is 2.92 bits per heavy atom. The van der Waals surface area contributed by atoms with Crippen molar-refractivity contribution < 1.29 is 4.79 Å². The molecule has 1 aliphatic heterocycles. The molecule has 2 rings (SSSR count). The van der Waals surface area contributed by atoms with Gasteiger partial charge in [-0.3, -0.25) is 7.91 Å². The molecule has 0 spiro atoms. The Hall–Kier alpha value is -0.780. The summed E-state index contributed by atoms with van der Waals surface area (Å²) >= 11 is 2.00. The van der Waals surface area contributed by atoms with Crippen molar-refractivity contribution in [1.82, 2.24) is 3.11 Å². The van der Waals surface area contributed by atoms with Gasteiger partial charge < -0.3 is 5.73 Å². The van der Waals surface area contributed by atoms with Gasteiger partial charge in [0.1, 0.15) is 0 Å². The molecule has 0 bridgehead atoms. The SMILES string of the molecule is Nc1cccc2c1CN(I)C2=O. The lowest BCUT2D eigenvalue weighted by Gasteiger charge is -2.01. The molecule has 0 saturated heterocycles. The van der Waals surface area contributed by atoms with Gasteiger partial charge in [0.15, 0.2) is 0 Å². The second-order valence-electron chi connectivity index (χ2n) is 2.70. The Morgan fingerprint density at radius 2 is 2.25 bits per heavy atom. The van der Waals surface area contributed by atoms with Crippen LogP contribution in [0.2, 0.25) is 0 Å². The Labute approximate surface area is 84.0 Å². The zero-order valence-corrected chi connectivity index (χ0v) is 8.41. The average molecular weight is 274 g/mol. The molecule has 0 aromatic heterocycles. The maximum atomic E-state index is 11.4. The van der Waals surface area contributed by atoms with E-state index in [0.29, 0.717) is 12.2 Å². The van der Waals surface area contributed by atoms with Gasteiger partial charge in [-0.15, -0.1) is 0 Å². The highest BCUT2D eigenvalue weighted by molar-refractivity contribution is 14.1. The van der Waals surface area contributed by atoms with Crippen LogP contribution >= 0.6 is 22.9 Å². The summed E-state index contributed by atoms with van der Waals surface area (Å²) in [7, 11) is 0. The highest BCUT2D eigenvalue weighted by Crippen LogP contribution is 2.29. The van der Waals surface area contributed by atoms with Crippen LogP contribution in [0.1, 0.15) is 15.9 Å². The molecule has 0 aliphatic carbocycles. The predicted octanol–water partition coefficient (Wildman–Crippen LogP) is 1.57. The van der Waals surface area contributed by atoms with Gasteiger partial charge in [-0.25, -0.2) is 0 Å². The molecule has 0 fully saturated rings. The molecular formula is C8H7IN2O. The van der Waals surface area contributed by atoms with Crippen molar-refractivity contribution in [2.75, 3.05) is 5.73 Å². The molecule has 0 radical (unpaired) electrons. The zero-order valence-electron chi connectivity index (χ0n) is 6.25. The average Bonchev–Trinajstić information content (AvgIpc) is 2.32. The van der Waals surface area contributed by atoms with Crippen molar-refractivity contribution in [1.29, 1.82) is 0 Å². The number of benzene rings is 1. The van der Waals surface area contributed by atoms with Gasteiger partial charge in [-0.05, 0) is 12.1 Å². The number of hydrogen-bond acceptors (Lipinski definition) is 2. The molecule has 0 saturated carbocycles. The molecule has 0 unspecified atom stereocenters. The summed E-state index contributed by atoms with van der Waals surface area (Å²) in [5, 5.41) is 0. The first-order valence-corrected chi connectivity index (χ1v) is 4.51. The van der Waals surface area contributed by atoms with E-state index in [-0.39, 0.29) is 5.91 Å². The van der Waals surface area contributed by atoms with E-state index in [0.717, 1.165) is 11.1 Å². The number of hydrogen-bond donors (Lipinski definition) is 1. The second kappa shape index (κ2) is 2.62. The van der Waals surface area contributed by atoms with E-state index in [1.54, 1.807) is 3.11 Å². The maximum Gasteiger partial charge on any atom is 0.263 e. The number of amides is 1. The van der Waals surface area contributed by atoms with E-state index in [4.69, 9.17) is 5.73 Å². The van der Waals surface area contributed by atoms with Crippen molar-refractivity contribution in [3.63, 3.8) is 0 Å². The third-order valence-electron chi connectivity index (χ3n) is 1.96. The third kappa shape index (κ3) is 0.979. The van der Waals surface area contributed by atoms with Crippen molar-refractivity contribution in [2.24, 2.45) is 0 Å². The third-order valence-corrected chi connectivity index (χ3v) is 2.74. The van der Waals surface area contributed by atoms with Gasteiger partial charge in [-0.2, -0.15) is 0 Å². The number of halogens is 1. The van der Waals surface area contributed by atoms with Gasteiger partial charge in [0.2, 0.25) is 0 Å². The first-order chi connectivity index (χ1) is 5.70. The van der Waals surface area contributed by atoms with Gasteiger partial charge >= 0.3 is 0 Å². The van der Waals surface area contributed by atoms with Crippen LogP contribution in [0.3, 0.4) is 0 Å². The first kappa shape index (κ1) is 7.85. The second-order valence-corrected chi connectivity index (χ2v) is 3.86. The predicted molar refractivity (Wildman–Crippen MR) is 54.7 cm³/mol. The maximum absolute atomic E-state index is 11.4. The Kier molecular flexibility index (Phi) is 1.71. The summed E-state index contributed by atoms with van der Waals surface area (Å²) in [4.78, 5) is 11.4. The quantitative estimate of drug-likeness (QED) is 0.443. The molecular weight excluding hydrogens is 267 g/mol. The largest absolute Gasteiger partial charge is 0.398 e. The number of nitrogens with zero attached hydrogens (tertiary/aromatic N) is 1. The fourth-order valence-corrected chi connectivity index (χ4v) is 1.92. The highest BCUT2D eigenvalue weighted by Gasteiger charge is 2.26. The van der Waals surface area contributed by atoms with Crippen LogP contribution in [0.4, 0.5) is 5.69 Å². The summed E-state index contributed by atoms with van der Waals surface area (Å²) in [5.41, 5.74) is 8.12. The fraction of sp³-hybridized carbons (Fsp3) is 0.125. The molecule has 1 aliphatic rings. The summed E-state index contributed by atoms with van der Waals surface area (Å²) in [5.74, 6) is 0.0536. The lowest BCUT2D eigenvalue weighted by atomic mass is 10.1. The molecule has 1 aromatic rings. The van der Waals surface area contributed by atoms with Crippen LogP contribution in [-0.2, 0) is 6.54 Å². The number of carbonyl (C=O) groups excluding carboxylic acids is 1. The van der Waals surface area contributed by atoms with Crippen LogP contribution in [0.15, 0.2) is 18.2 Å². The minimum absolute atomic E-state index is 0.0536. The summed E-state index contributed by atoms with van der Waals surface area (Å²) in [6.07, 6.45) is 0. The smallest absolute Gasteiger partial charge is 0.263 e. The molecule has 4 heteroatoms. The summed E-state index contributed by atoms with van der Waals surface area (Å²) in [6.45, 7) is 0.626. The van der Waals surface area contributed by atoms with E-state index in [2.05, 4.69) is 0 Å². The van der Waals surface area contributed by atoms with E-state index in [1.807, 2.05) is 41.1 Å². The van der Waals surface area contributed by atoms with Crippen LogP contribution in [0, 0.1) is 0 Å². The van der Waals surface area contributed by atoms with Crippen LogP contribution in [-0.4, -0.2) is 9.02 Å². The number of carbonyl (C=O) groups is 1. The van der Waals surface area contributed by atoms with Crippen molar-refractivity contribution >= 4 is 34.5 Å². The molecule has 0 atom stereocenters. The number of fused-ring (bicyclic) bond motifs is 1. The molecule has 1 amide bonds. The number of nitrogen functional groups attached to an aromatic ring is 1. The topological polar surface area (TPSA) is 46.3 Å². The number of anilines is 1. The zero-order chi connectivity index (χ0) is 8.72. The molecule has 62 valence electrons. The molecule has 3 nitrogen and oxygen atoms in total. The molecule has 1 heterocycles. The summed E-state index contributed by atoms with van der Waals surface area (Å²) < 4.78 is 1.64. The minimum atomic E-state index is 0.0536. The van der Waals surface area contributed by atoms with Gasteiger partial charge in [0, 0.05) is 16.8 Å².